The van der Waals surface area contributed by atoms with Crippen molar-refractivity contribution in [1.82, 2.24) is 5.32 Å². The number of amides is 1. The van der Waals surface area contributed by atoms with Gasteiger partial charge in [-0.05, 0) is 12.1 Å². The second-order valence-electron chi connectivity index (χ2n) is 3.16. The van der Waals surface area contributed by atoms with Crippen molar-refractivity contribution in [3.8, 4) is 0 Å². The molecular weight excluding hydrogens is 242 g/mol. The molecule has 6 heteroatoms. The number of aliphatic carboxylic acids is 1. The molecule has 0 bridgehead atoms. The molecule has 1 aromatic heterocycles. The highest BCUT2D eigenvalue weighted by Gasteiger charge is 2.06. The fourth-order valence-electron chi connectivity index (χ4n) is 1.08. The lowest BCUT2D eigenvalue weighted by molar-refractivity contribution is -0.131. The summed E-state index contributed by atoms with van der Waals surface area (Å²) in [5.41, 5.74) is 0.524. The maximum Gasteiger partial charge on any atom is 0.328 e. The van der Waals surface area contributed by atoms with Gasteiger partial charge in [-0.3, -0.25) is 4.79 Å². The van der Waals surface area contributed by atoms with E-state index in [1.165, 1.54) is 17.4 Å². The Morgan fingerprint density at radius 3 is 3.00 bits per heavy atom. The number of carbonyl (C=O) groups is 2. The molecule has 0 atom stereocenters. The molecule has 0 saturated carbocycles. The van der Waals surface area contributed by atoms with E-state index in [-0.39, 0.29) is 5.91 Å². The molecule has 0 aliphatic rings. The first kappa shape index (κ1) is 13.4. The molecule has 0 aliphatic carbocycles. The first-order chi connectivity index (χ1) is 8.13. The maximum absolute atomic E-state index is 11.6. The predicted molar refractivity (Wildman–Crippen MR) is 65.2 cm³/mol. The molecule has 1 aromatic rings. The van der Waals surface area contributed by atoms with Gasteiger partial charge < -0.3 is 15.2 Å². The minimum atomic E-state index is -1.01. The summed E-state index contributed by atoms with van der Waals surface area (Å²) in [5.74, 6) is -1.20. The SMILES string of the molecule is COCCNC(=O)c1csc(C=CC(=O)O)c1. The van der Waals surface area contributed by atoms with Crippen LogP contribution < -0.4 is 5.32 Å². The number of methoxy groups -OCH3 is 1. The van der Waals surface area contributed by atoms with E-state index >= 15 is 0 Å². The molecule has 0 radical (unpaired) electrons. The number of carbonyl (C=O) groups excluding carboxylic acids is 1. The lowest BCUT2D eigenvalue weighted by Crippen LogP contribution is -2.26. The van der Waals surface area contributed by atoms with E-state index in [0.717, 1.165) is 11.0 Å². The van der Waals surface area contributed by atoms with Crippen LogP contribution in [0, 0.1) is 0 Å². The van der Waals surface area contributed by atoms with Crippen molar-refractivity contribution in [3.05, 3.63) is 28.0 Å². The van der Waals surface area contributed by atoms with Crippen LogP contribution in [0.3, 0.4) is 0 Å². The van der Waals surface area contributed by atoms with Gasteiger partial charge in [0.25, 0.3) is 5.91 Å². The first-order valence-corrected chi connectivity index (χ1v) is 5.78. The molecule has 5 nitrogen and oxygen atoms in total. The van der Waals surface area contributed by atoms with Gasteiger partial charge in [-0.15, -0.1) is 11.3 Å². The molecule has 1 heterocycles. The number of carboxylic acids is 1. The third kappa shape index (κ3) is 4.80. The van der Waals surface area contributed by atoms with Crippen LogP contribution in [0.5, 0.6) is 0 Å². The minimum absolute atomic E-state index is 0.187. The van der Waals surface area contributed by atoms with Crippen LogP contribution >= 0.6 is 11.3 Å². The largest absolute Gasteiger partial charge is 0.478 e. The average Bonchev–Trinajstić information content (AvgIpc) is 2.75. The normalized spacial score (nSPS) is 10.6. The van der Waals surface area contributed by atoms with Crippen LogP contribution in [-0.4, -0.2) is 37.2 Å². The molecule has 92 valence electrons. The Bertz CT molecular complexity index is 425. The summed E-state index contributed by atoms with van der Waals surface area (Å²) in [4.78, 5) is 22.6. The highest BCUT2D eigenvalue weighted by atomic mass is 32.1. The van der Waals surface area contributed by atoms with Crippen LogP contribution in [0.1, 0.15) is 15.2 Å². The van der Waals surface area contributed by atoms with E-state index in [4.69, 9.17) is 9.84 Å². The second-order valence-corrected chi connectivity index (χ2v) is 4.10. The third-order valence-electron chi connectivity index (χ3n) is 1.86. The Kier molecular flexibility index (Phi) is 5.38. The van der Waals surface area contributed by atoms with Crippen molar-refractivity contribution in [2.24, 2.45) is 0 Å². The standard InChI is InChI=1S/C11H13NO4S/c1-16-5-4-12-11(15)8-6-9(17-7-8)2-3-10(13)14/h2-3,6-7H,4-5H2,1H3,(H,12,15)(H,13,14). The van der Waals surface area contributed by atoms with Crippen LogP contribution in [0.2, 0.25) is 0 Å². The summed E-state index contributed by atoms with van der Waals surface area (Å²) in [6, 6.07) is 1.65. The van der Waals surface area contributed by atoms with E-state index < -0.39 is 5.97 Å². The number of hydrogen-bond donors (Lipinski definition) is 2. The van der Waals surface area contributed by atoms with Crippen LogP contribution in [0.25, 0.3) is 6.08 Å². The van der Waals surface area contributed by atoms with Gasteiger partial charge in [0.2, 0.25) is 0 Å². The van der Waals surface area contributed by atoms with E-state index in [0.29, 0.717) is 18.7 Å². The Labute approximate surface area is 103 Å². The lowest BCUT2D eigenvalue weighted by Gasteiger charge is -2.01. The van der Waals surface area contributed by atoms with E-state index in [2.05, 4.69) is 5.32 Å². The minimum Gasteiger partial charge on any atom is -0.478 e. The van der Waals surface area contributed by atoms with Crippen molar-refractivity contribution < 1.29 is 19.4 Å². The Morgan fingerprint density at radius 1 is 1.59 bits per heavy atom. The smallest absolute Gasteiger partial charge is 0.328 e. The quantitative estimate of drug-likeness (QED) is 0.592. The number of rotatable bonds is 6. The first-order valence-electron chi connectivity index (χ1n) is 4.90. The zero-order valence-corrected chi connectivity index (χ0v) is 10.1. The van der Waals surface area contributed by atoms with Crippen molar-refractivity contribution >= 4 is 29.3 Å². The van der Waals surface area contributed by atoms with E-state index in [1.807, 2.05) is 0 Å². The van der Waals surface area contributed by atoms with Gasteiger partial charge in [-0.1, -0.05) is 0 Å². The molecule has 0 unspecified atom stereocenters. The number of hydrogen-bond acceptors (Lipinski definition) is 4. The number of carboxylic acid groups (broad SMARTS) is 1. The molecule has 0 saturated heterocycles. The van der Waals surface area contributed by atoms with Gasteiger partial charge >= 0.3 is 5.97 Å². The molecule has 0 spiro atoms. The Hall–Kier alpha value is -1.66. The monoisotopic (exact) mass is 255 g/mol. The van der Waals surface area contributed by atoms with Gasteiger partial charge in [0.1, 0.15) is 0 Å². The van der Waals surface area contributed by atoms with Crippen LogP contribution in [-0.2, 0) is 9.53 Å². The van der Waals surface area contributed by atoms with Crippen molar-refractivity contribution in [1.29, 1.82) is 0 Å². The third-order valence-corrected chi connectivity index (χ3v) is 2.76. The number of nitrogens with one attached hydrogen (secondary N) is 1. The highest BCUT2D eigenvalue weighted by molar-refractivity contribution is 7.11. The fourth-order valence-corrected chi connectivity index (χ4v) is 1.86. The summed E-state index contributed by atoms with van der Waals surface area (Å²) in [5, 5.41) is 12.8. The topological polar surface area (TPSA) is 75.6 Å². The molecule has 1 amide bonds. The molecule has 2 N–H and O–H groups in total. The summed E-state index contributed by atoms with van der Waals surface area (Å²) in [7, 11) is 1.56. The number of thiophene rings is 1. The van der Waals surface area contributed by atoms with E-state index in [9.17, 15) is 9.59 Å². The van der Waals surface area contributed by atoms with Gasteiger partial charge in [0.15, 0.2) is 0 Å². The van der Waals surface area contributed by atoms with Crippen LogP contribution in [0.15, 0.2) is 17.5 Å². The van der Waals surface area contributed by atoms with Gasteiger partial charge in [0.05, 0.1) is 12.2 Å². The van der Waals surface area contributed by atoms with Crippen LogP contribution in [0.4, 0.5) is 0 Å². The second kappa shape index (κ2) is 6.82. The predicted octanol–water partition coefficient (Wildman–Crippen LogP) is 1.22. The molecule has 0 fully saturated rings. The van der Waals surface area contributed by atoms with Crippen molar-refractivity contribution in [2.75, 3.05) is 20.3 Å². The fraction of sp³-hybridized carbons (Fsp3) is 0.273. The van der Waals surface area contributed by atoms with Gasteiger partial charge in [-0.25, -0.2) is 4.79 Å². The van der Waals surface area contributed by atoms with Crippen molar-refractivity contribution in [2.45, 2.75) is 0 Å². The summed E-state index contributed by atoms with van der Waals surface area (Å²) < 4.78 is 4.81. The summed E-state index contributed by atoms with van der Waals surface area (Å²) >= 11 is 1.32. The summed E-state index contributed by atoms with van der Waals surface area (Å²) in [6.07, 6.45) is 2.50. The lowest BCUT2D eigenvalue weighted by atomic mass is 10.3. The Balaban J connectivity index is 2.55. The molecule has 0 aliphatic heterocycles. The zero-order valence-electron chi connectivity index (χ0n) is 9.30. The Morgan fingerprint density at radius 2 is 2.35 bits per heavy atom. The van der Waals surface area contributed by atoms with Gasteiger partial charge in [0, 0.05) is 30.0 Å². The van der Waals surface area contributed by atoms with Crippen molar-refractivity contribution in [3.63, 3.8) is 0 Å². The van der Waals surface area contributed by atoms with Gasteiger partial charge in [-0.2, -0.15) is 0 Å². The zero-order chi connectivity index (χ0) is 12.7. The molecular formula is C11H13NO4S. The number of ether oxygens (including phenoxy) is 1. The molecule has 17 heavy (non-hydrogen) atoms. The van der Waals surface area contributed by atoms with E-state index in [1.54, 1.807) is 18.6 Å². The molecule has 0 aromatic carbocycles. The highest BCUT2D eigenvalue weighted by Crippen LogP contribution is 2.16. The molecule has 1 rings (SSSR count). The maximum atomic E-state index is 11.6. The summed E-state index contributed by atoms with van der Waals surface area (Å²) in [6.45, 7) is 0.910. The average molecular weight is 255 g/mol.